The lowest BCUT2D eigenvalue weighted by Crippen LogP contribution is -2.55. The quantitative estimate of drug-likeness (QED) is 0.405. The Morgan fingerprint density at radius 1 is 1.00 bits per heavy atom. The van der Waals surface area contributed by atoms with E-state index in [0.29, 0.717) is 6.90 Å². The number of nitrogens with zero attached hydrogens (tertiary/aromatic N) is 2. The van der Waals surface area contributed by atoms with E-state index in [-0.39, 0.29) is 0 Å². The van der Waals surface area contributed by atoms with Crippen LogP contribution in [0.15, 0.2) is 0 Å². The Labute approximate surface area is 132 Å². The Hall–Kier alpha value is 0.0169. The number of fused-ring (bicyclic) bond motifs is 6. The Balaban J connectivity index is 1.78. The molecule has 0 aromatic heterocycles. The molecular formula is C15H33N2O3Si+. The monoisotopic (exact) mass is 318 g/mol. The van der Waals surface area contributed by atoms with Crippen molar-refractivity contribution < 1.29 is 19.1 Å². The molecule has 0 unspecified atom stereocenters. The van der Waals surface area contributed by atoms with Crippen LogP contribution in [0.25, 0.3) is 0 Å². The molecule has 3 rings (SSSR count). The van der Waals surface area contributed by atoms with Crippen molar-refractivity contribution in [2.24, 2.45) is 0 Å². The summed E-state index contributed by atoms with van der Waals surface area (Å²) >= 11 is 0. The molecule has 0 aromatic carbocycles. The zero-order valence-corrected chi connectivity index (χ0v) is 14.8. The summed E-state index contributed by atoms with van der Waals surface area (Å²) in [4.78, 5) is 2.35. The van der Waals surface area contributed by atoms with Gasteiger partial charge in [-0.15, -0.1) is 0 Å². The second-order valence-corrected chi connectivity index (χ2v) is 9.50. The zero-order chi connectivity index (χ0) is 15.9. The van der Waals surface area contributed by atoms with Crippen LogP contribution in [0.2, 0.25) is 6.04 Å². The molecule has 0 amide bonds. The largest absolute Gasteiger partial charge is 0.501 e. The third kappa shape index (κ3) is 5.62. The van der Waals surface area contributed by atoms with Crippen molar-refractivity contribution in [1.82, 2.24) is 4.90 Å². The first-order chi connectivity index (χ1) is 10.6. The Kier molecular flexibility index (Phi) is 6.08. The minimum absolute atomic E-state index is 0.544. The first-order valence-electron chi connectivity index (χ1n) is 9.01. The van der Waals surface area contributed by atoms with E-state index >= 15 is 0 Å². The molecule has 3 aliphatic heterocycles. The van der Waals surface area contributed by atoms with E-state index < -0.39 is 8.80 Å². The highest BCUT2D eigenvalue weighted by atomic mass is 28.4. The van der Waals surface area contributed by atoms with Gasteiger partial charge in [0, 0.05) is 33.5 Å². The van der Waals surface area contributed by atoms with E-state index in [9.17, 15) is 0 Å². The summed E-state index contributed by atoms with van der Waals surface area (Å²) in [7, 11) is 2.12. The fourth-order valence-electron chi connectivity index (χ4n) is 3.04. The van der Waals surface area contributed by atoms with Crippen LogP contribution in [0.3, 0.4) is 0 Å². The maximum atomic E-state index is 7.24. The molecule has 6 heteroatoms. The summed E-state index contributed by atoms with van der Waals surface area (Å²) < 4.78 is 26.5. The van der Waals surface area contributed by atoms with E-state index in [1.807, 2.05) is 0 Å². The lowest BCUT2D eigenvalue weighted by molar-refractivity contribution is -0.890. The number of rotatable bonds is 7. The van der Waals surface area contributed by atoms with Gasteiger partial charge >= 0.3 is 8.80 Å². The highest BCUT2D eigenvalue weighted by Crippen LogP contribution is 2.22. The molecule has 0 spiro atoms. The van der Waals surface area contributed by atoms with Crippen molar-refractivity contribution in [2.45, 2.75) is 32.2 Å². The van der Waals surface area contributed by atoms with Gasteiger partial charge < -0.3 is 17.8 Å². The lowest BCUT2D eigenvalue weighted by atomic mass is 10.3. The molecular weight excluding hydrogens is 284 g/mol. The zero-order valence-electron chi connectivity index (χ0n) is 14.8. The summed E-state index contributed by atoms with van der Waals surface area (Å²) in [5.74, 6) is 0. The lowest BCUT2D eigenvalue weighted by Gasteiger charge is -2.38. The topological polar surface area (TPSA) is 30.9 Å². The van der Waals surface area contributed by atoms with Crippen molar-refractivity contribution in [3.05, 3.63) is 0 Å². The molecule has 0 radical (unpaired) electrons. The van der Waals surface area contributed by atoms with E-state index in [0.717, 1.165) is 82.3 Å². The predicted octanol–water partition coefficient (Wildman–Crippen LogP) is 1.57. The maximum Gasteiger partial charge on any atom is 0.501 e. The summed E-state index contributed by atoms with van der Waals surface area (Å²) in [5.41, 5.74) is 0. The minimum atomic E-state index is -2.43. The van der Waals surface area contributed by atoms with Crippen molar-refractivity contribution in [1.29, 1.82) is 0 Å². The van der Waals surface area contributed by atoms with E-state index in [1.54, 1.807) is 0 Å². The Morgan fingerprint density at radius 2 is 1.57 bits per heavy atom. The highest BCUT2D eigenvalue weighted by molar-refractivity contribution is 6.60. The molecule has 0 N–H and O–H groups in total. The van der Waals surface area contributed by atoms with Gasteiger partial charge in [-0.05, 0) is 6.42 Å². The number of quaternary nitrogens is 1. The van der Waals surface area contributed by atoms with E-state index in [4.69, 9.17) is 14.6 Å². The first kappa shape index (κ1) is 15.9. The molecule has 124 valence electrons. The van der Waals surface area contributed by atoms with Crippen LogP contribution < -0.4 is 0 Å². The molecule has 3 heterocycles. The van der Waals surface area contributed by atoms with Gasteiger partial charge in [-0.25, -0.2) is 0 Å². The number of hydrogen-bond acceptors (Lipinski definition) is 4. The summed E-state index contributed by atoms with van der Waals surface area (Å²) in [6.45, 7) is 8.07. The average Bonchev–Trinajstić information content (AvgIpc) is 2.39. The van der Waals surface area contributed by atoms with Crippen LogP contribution in [0.1, 0.15) is 27.5 Å². The highest BCUT2D eigenvalue weighted by Gasteiger charge is 2.43. The molecule has 0 saturated carbocycles. The molecule has 0 atom stereocenters. The molecule has 0 aromatic rings. The standard InChI is InChI=1S/C15H33N2O3Si/c1-4-5-10-17(2,3)11-6-15-21-18-12-7-16(8-13-19-21)9-14-20-21/h4-15H2,1-3H3/q+1/i1D. The van der Waals surface area contributed by atoms with Gasteiger partial charge in [-0.3, -0.25) is 4.90 Å². The number of unbranched alkanes of at least 4 members (excludes halogenated alkanes) is 1. The predicted molar refractivity (Wildman–Crippen MR) is 86.2 cm³/mol. The van der Waals surface area contributed by atoms with Crippen LogP contribution in [0.4, 0.5) is 0 Å². The Morgan fingerprint density at radius 3 is 2.14 bits per heavy atom. The fourth-order valence-corrected chi connectivity index (χ4v) is 5.52. The van der Waals surface area contributed by atoms with Crippen molar-refractivity contribution >= 4 is 8.80 Å². The molecule has 3 saturated heterocycles. The minimum Gasteiger partial charge on any atom is -0.372 e. The van der Waals surface area contributed by atoms with Crippen molar-refractivity contribution in [3.63, 3.8) is 0 Å². The summed E-state index contributed by atoms with van der Waals surface area (Å²) in [5, 5.41) is 0. The van der Waals surface area contributed by atoms with Crippen LogP contribution in [-0.2, 0) is 13.3 Å². The maximum absolute atomic E-state index is 7.24. The number of hydrogen-bond donors (Lipinski definition) is 0. The van der Waals surface area contributed by atoms with E-state index in [1.165, 1.54) is 0 Å². The van der Waals surface area contributed by atoms with Gasteiger partial charge in [0.25, 0.3) is 0 Å². The molecule has 3 fully saturated rings. The van der Waals surface area contributed by atoms with Crippen molar-refractivity contribution in [2.75, 3.05) is 66.6 Å². The van der Waals surface area contributed by atoms with Gasteiger partial charge in [0.05, 0.1) is 47.0 Å². The van der Waals surface area contributed by atoms with Crippen LogP contribution in [0, 0.1) is 0 Å². The van der Waals surface area contributed by atoms with Gasteiger partial charge in [0.15, 0.2) is 0 Å². The average molecular weight is 319 g/mol. The van der Waals surface area contributed by atoms with Crippen LogP contribution >= 0.6 is 0 Å². The van der Waals surface area contributed by atoms with Crippen LogP contribution in [0.5, 0.6) is 0 Å². The Bertz CT molecular complexity index is 307. The second-order valence-electron chi connectivity index (χ2n) is 6.76. The summed E-state index contributed by atoms with van der Waals surface area (Å²) in [6, 6.07) is 0.938. The van der Waals surface area contributed by atoms with Crippen molar-refractivity contribution in [3.8, 4) is 0 Å². The molecule has 2 bridgehead atoms. The fraction of sp³-hybridized carbons (Fsp3) is 1.00. The van der Waals surface area contributed by atoms with Gasteiger partial charge in [-0.2, -0.15) is 0 Å². The first-order valence-corrected chi connectivity index (χ1v) is 10.2. The normalized spacial score (nSPS) is 31.3. The molecule has 0 aliphatic carbocycles. The van der Waals surface area contributed by atoms with Gasteiger partial charge in [0.1, 0.15) is 0 Å². The SMILES string of the molecule is [2H]CCCC[N+](C)(C)CCC[Si]12OCCN(CCO1)CCO2. The summed E-state index contributed by atoms with van der Waals surface area (Å²) in [6.07, 6.45) is 3.23. The third-order valence-corrected chi connectivity index (χ3v) is 7.35. The van der Waals surface area contributed by atoms with Gasteiger partial charge in [0.2, 0.25) is 0 Å². The smallest absolute Gasteiger partial charge is 0.372 e. The molecule has 21 heavy (non-hydrogen) atoms. The third-order valence-electron chi connectivity index (χ3n) is 4.45. The molecule has 5 nitrogen and oxygen atoms in total. The molecule has 3 aliphatic rings. The van der Waals surface area contributed by atoms with Crippen LogP contribution in [-0.4, -0.2) is 84.8 Å². The van der Waals surface area contributed by atoms with E-state index in [2.05, 4.69) is 19.0 Å². The van der Waals surface area contributed by atoms with Gasteiger partial charge in [-0.1, -0.05) is 13.3 Å². The second kappa shape index (κ2) is 8.03.